The van der Waals surface area contributed by atoms with E-state index in [9.17, 15) is 4.79 Å². The number of rotatable bonds is 6. The van der Waals surface area contributed by atoms with Crippen LogP contribution in [0.15, 0.2) is 48.8 Å². The van der Waals surface area contributed by atoms with E-state index in [1.807, 2.05) is 60.3 Å². The SMILES string of the molecule is CCNc1ccccc1C(=O)NCCn1cccc1. The first-order valence-corrected chi connectivity index (χ1v) is 6.53. The van der Waals surface area contributed by atoms with Crippen molar-refractivity contribution < 1.29 is 4.79 Å². The van der Waals surface area contributed by atoms with Crippen molar-refractivity contribution in [2.45, 2.75) is 13.5 Å². The molecule has 0 unspecified atom stereocenters. The van der Waals surface area contributed by atoms with Gasteiger partial charge >= 0.3 is 0 Å². The van der Waals surface area contributed by atoms with Gasteiger partial charge in [0, 0.05) is 37.7 Å². The lowest BCUT2D eigenvalue weighted by molar-refractivity contribution is 0.0953. The average molecular weight is 257 g/mol. The molecule has 0 aliphatic carbocycles. The van der Waals surface area contributed by atoms with Gasteiger partial charge < -0.3 is 15.2 Å². The number of para-hydroxylation sites is 1. The molecule has 0 saturated heterocycles. The van der Waals surface area contributed by atoms with Gasteiger partial charge in [0.15, 0.2) is 0 Å². The van der Waals surface area contributed by atoms with E-state index in [2.05, 4.69) is 10.6 Å². The van der Waals surface area contributed by atoms with Gasteiger partial charge in [0.1, 0.15) is 0 Å². The average Bonchev–Trinajstić information content (AvgIpc) is 2.93. The lowest BCUT2D eigenvalue weighted by Crippen LogP contribution is -2.27. The smallest absolute Gasteiger partial charge is 0.253 e. The molecule has 1 aromatic carbocycles. The van der Waals surface area contributed by atoms with Gasteiger partial charge in [0.25, 0.3) is 5.91 Å². The van der Waals surface area contributed by atoms with E-state index in [-0.39, 0.29) is 5.91 Å². The van der Waals surface area contributed by atoms with Crippen LogP contribution in [0.4, 0.5) is 5.69 Å². The molecule has 19 heavy (non-hydrogen) atoms. The molecule has 1 heterocycles. The number of anilines is 1. The fraction of sp³-hybridized carbons (Fsp3) is 0.267. The van der Waals surface area contributed by atoms with Crippen LogP contribution in [0.1, 0.15) is 17.3 Å². The maximum Gasteiger partial charge on any atom is 0.253 e. The van der Waals surface area contributed by atoms with E-state index < -0.39 is 0 Å². The van der Waals surface area contributed by atoms with Crippen LogP contribution in [-0.4, -0.2) is 23.6 Å². The van der Waals surface area contributed by atoms with Crippen molar-refractivity contribution in [3.63, 3.8) is 0 Å². The van der Waals surface area contributed by atoms with Crippen molar-refractivity contribution in [2.24, 2.45) is 0 Å². The molecular formula is C15H19N3O. The summed E-state index contributed by atoms with van der Waals surface area (Å²) in [6.45, 7) is 4.21. The third-order valence-corrected chi connectivity index (χ3v) is 2.86. The van der Waals surface area contributed by atoms with Gasteiger partial charge in [0.2, 0.25) is 0 Å². The minimum Gasteiger partial charge on any atom is -0.385 e. The fourth-order valence-electron chi connectivity index (χ4n) is 1.94. The van der Waals surface area contributed by atoms with Crippen molar-refractivity contribution in [3.8, 4) is 0 Å². The van der Waals surface area contributed by atoms with Gasteiger partial charge in [0.05, 0.1) is 5.56 Å². The van der Waals surface area contributed by atoms with Gasteiger partial charge in [-0.3, -0.25) is 4.79 Å². The van der Waals surface area contributed by atoms with E-state index in [0.29, 0.717) is 12.1 Å². The highest BCUT2D eigenvalue weighted by atomic mass is 16.1. The third kappa shape index (κ3) is 3.61. The topological polar surface area (TPSA) is 46.1 Å². The molecule has 0 fully saturated rings. The summed E-state index contributed by atoms with van der Waals surface area (Å²) in [5, 5.41) is 6.13. The fourth-order valence-corrected chi connectivity index (χ4v) is 1.94. The molecule has 0 aliphatic rings. The lowest BCUT2D eigenvalue weighted by atomic mass is 10.1. The highest BCUT2D eigenvalue weighted by molar-refractivity contribution is 5.99. The molecule has 2 N–H and O–H groups in total. The first-order valence-electron chi connectivity index (χ1n) is 6.53. The van der Waals surface area contributed by atoms with Crippen LogP contribution >= 0.6 is 0 Å². The van der Waals surface area contributed by atoms with Crippen LogP contribution in [-0.2, 0) is 6.54 Å². The summed E-state index contributed by atoms with van der Waals surface area (Å²) < 4.78 is 2.04. The highest BCUT2D eigenvalue weighted by Crippen LogP contribution is 2.14. The number of benzene rings is 1. The lowest BCUT2D eigenvalue weighted by Gasteiger charge is -2.11. The predicted molar refractivity (Wildman–Crippen MR) is 77.4 cm³/mol. The Labute approximate surface area is 113 Å². The van der Waals surface area contributed by atoms with Crippen molar-refractivity contribution >= 4 is 11.6 Å². The van der Waals surface area contributed by atoms with Crippen LogP contribution in [0.3, 0.4) is 0 Å². The van der Waals surface area contributed by atoms with Gasteiger partial charge in [-0.1, -0.05) is 12.1 Å². The zero-order valence-electron chi connectivity index (χ0n) is 11.1. The van der Waals surface area contributed by atoms with Crippen molar-refractivity contribution in [1.82, 2.24) is 9.88 Å². The van der Waals surface area contributed by atoms with Crippen LogP contribution in [0.2, 0.25) is 0 Å². The first kappa shape index (κ1) is 13.2. The molecule has 1 amide bonds. The van der Waals surface area contributed by atoms with Crippen LogP contribution in [0.5, 0.6) is 0 Å². The maximum atomic E-state index is 12.1. The summed E-state index contributed by atoms with van der Waals surface area (Å²) in [5.41, 5.74) is 1.57. The monoisotopic (exact) mass is 257 g/mol. The van der Waals surface area contributed by atoms with Gasteiger partial charge in [-0.2, -0.15) is 0 Å². The quantitative estimate of drug-likeness (QED) is 0.834. The Balaban J connectivity index is 1.92. The number of carbonyl (C=O) groups is 1. The first-order chi connectivity index (χ1) is 9.31. The second-order valence-corrected chi connectivity index (χ2v) is 4.25. The maximum absolute atomic E-state index is 12.1. The number of hydrogen-bond acceptors (Lipinski definition) is 2. The van der Waals surface area contributed by atoms with Gasteiger partial charge in [-0.15, -0.1) is 0 Å². The molecule has 2 rings (SSSR count). The molecule has 0 radical (unpaired) electrons. The van der Waals surface area contributed by atoms with Crippen molar-refractivity contribution in [1.29, 1.82) is 0 Å². The number of hydrogen-bond donors (Lipinski definition) is 2. The number of amides is 1. The van der Waals surface area contributed by atoms with Crippen molar-refractivity contribution in [3.05, 3.63) is 54.4 Å². The Bertz CT molecular complexity index is 520. The Morgan fingerprint density at radius 2 is 1.89 bits per heavy atom. The zero-order valence-corrected chi connectivity index (χ0v) is 11.1. The second-order valence-electron chi connectivity index (χ2n) is 4.25. The van der Waals surface area contributed by atoms with Crippen LogP contribution < -0.4 is 10.6 Å². The molecule has 4 nitrogen and oxygen atoms in total. The van der Waals surface area contributed by atoms with E-state index in [1.54, 1.807) is 0 Å². The molecular weight excluding hydrogens is 238 g/mol. The highest BCUT2D eigenvalue weighted by Gasteiger charge is 2.09. The number of aromatic nitrogens is 1. The Morgan fingerprint density at radius 3 is 2.63 bits per heavy atom. The van der Waals surface area contributed by atoms with E-state index >= 15 is 0 Å². The van der Waals surface area contributed by atoms with Crippen LogP contribution in [0.25, 0.3) is 0 Å². The largest absolute Gasteiger partial charge is 0.385 e. The molecule has 0 bridgehead atoms. The molecule has 2 aromatic rings. The summed E-state index contributed by atoms with van der Waals surface area (Å²) in [6, 6.07) is 11.5. The molecule has 1 aromatic heterocycles. The molecule has 4 heteroatoms. The Kier molecular flexibility index (Phi) is 4.61. The zero-order chi connectivity index (χ0) is 13.5. The minimum absolute atomic E-state index is 0.0382. The van der Waals surface area contributed by atoms with Crippen molar-refractivity contribution in [2.75, 3.05) is 18.4 Å². The van der Waals surface area contributed by atoms with Crippen LogP contribution in [0, 0.1) is 0 Å². The standard InChI is InChI=1S/C15H19N3O/c1-2-16-14-8-4-3-7-13(14)15(19)17-9-12-18-10-5-6-11-18/h3-8,10-11,16H,2,9,12H2,1H3,(H,17,19). The predicted octanol–water partition coefficient (Wildman–Crippen LogP) is 2.35. The number of nitrogens with zero attached hydrogens (tertiary/aromatic N) is 1. The Hall–Kier alpha value is -2.23. The second kappa shape index (κ2) is 6.64. The summed E-state index contributed by atoms with van der Waals surface area (Å²) >= 11 is 0. The summed E-state index contributed by atoms with van der Waals surface area (Å²) in [4.78, 5) is 12.1. The van der Waals surface area contributed by atoms with E-state index in [4.69, 9.17) is 0 Å². The van der Waals surface area contributed by atoms with E-state index in [1.165, 1.54) is 0 Å². The third-order valence-electron chi connectivity index (χ3n) is 2.86. The normalized spacial score (nSPS) is 10.2. The Morgan fingerprint density at radius 1 is 1.16 bits per heavy atom. The van der Waals surface area contributed by atoms with Gasteiger partial charge in [-0.25, -0.2) is 0 Å². The van der Waals surface area contributed by atoms with E-state index in [0.717, 1.165) is 18.8 Å². The van der Waals surface area contributed by atoms with Gasteiger partial charge in [-0.05, 0) is 31.2 Å². The molecule has 0 spiro atoms. The molecule has 0 saturated carbocycles. The number of nitrogens with one attached hydrogen (secondary N) is 2. The summed E-state index contributed by atoms with van der Waals surface area (Å²) in [6.07, 6.45) is 3.97. The molecule has 0 atom stereocenters. The number of carbonyl (C=O) groups excluding carboxylic acids is 1. The summed E-state index contributed by atoms with van der Waals surface area (Å²) in [5.74, 6) is -0.0382. The molecule has 0 aliphatic heterocycles. The summed E-state index contributed by atoms with van der Waals surface area (Å²) in [7, 11) is 0. The molecule has 100 valence electrons. The minimum atomic E-state index is -0.0382.